The van der Waals surface area contributed by atoms with Gasteiger partial charge in [0, 0.05) is 16.1 Å². The maximum Gasteiger partial charge on any atom is 0.251 e. The van der Waals surface area contributed by atoms with Crippen molar-refractivity contribution < 1.29 is 18.4 Å². The molecule has 0 fully saturated rings. The third-order valence-electron chi connectivity index (χ3n) is 2.70. The molecule has 0 saturated carbocycles. The van der Waals surface area contributed by atoms with Gasteiger partial charge in [-0.2, -0.15) is 0 Å². The second-order valence-corrected chi connectivity index (χ2v) is 5.28. The van der Waals surface area contributed by atoms with Gasteiger partial charge in [-0.1, -0.05) is 22.0 Å². The molecule has 0 bridgehead atoms. The van der Waals surface area contributed by atoms with Gasteiger partial charge >= 0.3 is 0 Å². The molecule has 0 unspecified atom stereocenters. The van der Waals surface area contributed by atoms with Crippen molar-refractivity contribution in [3.8, 4) is 0 Å². The van der Waals surface area contributed by atoms with Crippen LogP contribution in [0.5, 0.6) is 0 Å². The Bertz CT molecular complexity index is 722. The molecule has 0 spiro atoms. The molecule has 0 aliphatic heterocycles. The van der Waals surface area contributed by atoms with Gasteiger partial charge < -0.3 is 10.6 Å². The molecule has 0 aliphatic carbocycles. The molecular formula is C15H11BrF2N2O2. The number of benzene rings is 2. The van der Waals surface area contributed by atoms with E-state index in [4.69, 9.17) is 0 Å². The maximum absolute atomic E-state index is 13.4. The number of hydrogen-bond acceptors (Lipinski definition) is 2. The van der Waals surface area contributed by atoms with E-state index in [-0.39, 0.29) is 12.2 Å². The number of rotatable bonds is 4. The first-order chi connectivity index (χ1) is 10.5. The van der Waals surface area contributed by atoms with Crippen LogP contribution in [0.15, 0.2) is 46.9 Å². The highest BCUT2D eigenvalue weighted by atomic mass is 79.9. The molecule has 0 aromatic heterocycles. The van der Waals surface area contributed by atoms with Crippen LogP contribution in [0, 0.1) is 11.6 Å². The third-order valence-corrected chi connectivity index (χ3v) is 3.19. The van der Waals surface area contributed by atoms with Crippen LogP contribution in [0.25, 0.3) is 0 Å². The Balaban J connectivity index is 1.91. The van der Waals surface area contributed by atoms with Gasteiger partial charge in [0.15, 0.2) is 0 Å². The fourth-order valence-electron chi connectivity index (χ4n) is 1.68. The van der Waals surface area contributed by atoms with Crippen LogP contribution in [0.4, 0.5) is 14.5 Å². The van der Waals surface area contributed by atoms with Crippen LogP contribution in [-0.4, -0.2) is 18.4 Å². The molecule has 0 saturated heterocycles. The predicted octanol–water partition coefficient (Wildman–Crippen LogP) is 3.10. The van der Waals surface area contributed by atoms with E-state index in [1.165, 1.54) is 0 Å². The predicted molar refractivity (Wildman–Crippen MR) is 81.5 cm³/mol. The van der Waals surface area contributed by atoms with Crippen molar-refractivity contribution in [2.75, 3.05) is 11.9 Å². The van der Waals surface area contributed by atoms with E-state index >= 15 is 0 Å². The number of carbonyl (C=O) groups is 2. The summed E-state index contributed by atoms with van der Waals surface area (Å²) in [7, 11) is 0. The van der Waals surface area contributed by atoms with Gasteiger partial charge in [0.25, 0.3) is 5.91 Å². The van der Waals surface area contributed by atoms with Gasteiger partial charge in [-0.25, -0.2) is 8.78 Å². The summed E-state index contributed by atoms with van der Waals surface area (Å²) in [4.78, 5) is 23.5. The van der Waals surface area contributed by atoms with Crippen LogP contribution < -0.4 is 10.6 Å². The van der Waals surface area contributed by atoms with E-state index in [0.717, 1.165) is 16.6 Å². The third kappa shape index (κ3) is 4.36. The van der Waals surface area contributed by atoms with E-state index in [1.807, 2.05) is 0 Å². The molecule has 2 rings (SSSR count). The van der Waals surface area contributed by atoms with Gasteiger partial charge in [-0.05, 0) is 30.3 Å². The maximum atomic E-state index is 13.4. The van der Waals surface area contributed by atoms with E-state index in [0.29, 0.717) is 11.6 Å². The summed E-state index contributed by atoms with van der Waals surface area (Å²) in [6.07, 6.45) is 0. The second-order valence-electron chi connectivity index (χ2n) is 4.37. The summed E-state index contributed by atoms with van der Waals surface area (Å²) in [5, 5.41) is 4.66. The normalized spacial score (nSPS) is 10.1. The van der Waals surface area contributed by atoms with Gasteiger partial charge in [-0.15, -0.1) is 0 Å². The zero-order valence-corrected chi connectivity index (χ0v) is 12.8. The molecule has 2 amide bonds. The fraction of sp³-hybridized carbons (Fsp3) is 0.0667. The number of nitrogens with one attached hydrogen (secondary N) is 2. The summed E-state index contributed by atoms with van der Waals surface area (Å²) in [6, 6.07) is 9.45. The van der Waals surface area contributed by atoms with Crippen molar-refractivity contribution in [2.24, 2.45) is 0 Å². The Kier molecular flexibility index (Phi) is 5.21. The highest BCUT2D eigenvalue weighted by Gasteiger charge is 2.10. The van der Waals surface area contributed by atoms with Crippen LogP contribution >= 0.6 is 15.9 Å². The van der Waals surface area contributed by atoms with Crippen molar-refractivity contribution in [1.29, 1.82) is 0 Å². The lowest BCUT2D eigenvalue weighted by Crippen LogP contribution is -2.33. The summed E-state index contributed by atoms with van der Waals surface area (Å²) in [6.45, 7) is -0.331. The quantitative estimate of drug-likeness (QED) is 0.870. The highest BCUT2D eigenvalue weighted by molar-refractivity contribution is 9.10. The monoisotopic (exact) mass is 368 g/mol. The van der Waals surface area contributed by atoms with E-state index in [2.05, 4.69) is 26.6 Å². The highest BCUT2D eigenvalue weighted by Crippen LogP contribution is 2.14. The fourth-order valence-corrected chi connectivity index (χ4v) is 2.08. The lowest BCUT2D eigenvalue weighted by molar-refractivity contribution is -0.115. The minimum atomic E-state index is -0.883. The standard InChI is InChI=1S/C15H11BrF2N2O2/c16-10-3-1-2-9(6-10)15(22)19-8-14(21)20-13-5-4-11(17)7-12(13)18/h1-7H,8H2,(H,19,22)(H,20,21). The molecule has 0 heterocycles. The number of anilines is 1. The van der Waals surface area contributed by atoms with Crippen molar-refractivity contribution in [1.82, 2.24) is 5.32 Å². The van der Waals surface area contributed by atoms with Crippen molar-refractivity contribution in [2.45, 2.75) is 0 Å². The zero-order valence-electron chi connectivity index (χ0n) is 11.2. The molecular weight excluding hydrogens is 358 g/mol. The first kappa shape index (κ1) is 16.1. The topological polar surface area (TPSA) is 58.2 Å². The summed E-state index contributed by atoms with van der Waals surface area (Å²) in [5.41, 5.74) is 0.234. The van der Waals surface area contributed by atoms with Crippen LogP contribution in [0.2, 0.25) is 0 Å². The minimum Gasteiger partial charge on any atom is -0.343 e. The molecule has 0 aliphatic rings. The van der Waals surface area contributed by atoms with Gasteiger partial charge in [-0.3, -0.25) is 9.59 Å². The zero-order chi connectivity index (χ0) is 16.1. The Morgan fingerprint density at radius 2 is 1.86 bits per heavy atom. The molecule has 2 aromatic carbocycles. The van der Waals surface area contributed by atoms with Crippen LogP contribution in [0.1, 0.15) is 10.4 Å². The smallest absolute Gasteiger partial charge is 0.251 e. The van der Waals surface area contributed by atoms with Gasteiger partial charge in [0.1, 0.15) is 11.6 Å². The molecule has 0 radical (unpaired) electrons. The lowest BCUT2D eigenvalue weighted by atomic mass is 10.2. The summed E-state index contributed by atoms with van der Waals surface area (Å²) >= 11 is 3.24. The number of carbonyl (C=O) groups excluding carboxylic acids is 2. The SMILES string of the molecule is O=C(CNC(=O)c1cccc(Br)c1)Nc1ccc(F)cc1F. The number of amides is 2. The van der Waals surface area contributed by atoms with Crippen LogP contribution in [-0.2, 0) is 4.79 Å². The Morgan fingerprint density at radius 1 is 1.09 bits per heavy atom. The lowest BCUT2D eigenvalue weighted by Gasteiger charge is -2.08. The van der Waals surface area contributed by atoms with Crippen molar-refractivity contribution >= 4 is 33.4 Å². The van der Waals surface area contributed by atoms with E-state index in [9.17, 15) is 18.4 Å². The molecule has 22 heavy (non-hydrogen) atoms. The number of halogens is 3. The largest absolute Gasteiger partial charge is 0.343 e. The summed E-state index contributed by atoms with van der Waals surface area (Å²) in [5.74, 6) is -2.67. The Labute approximate surface area is 133 Å². The van der Waals surface area contributed by atoms with Crippen LogP contribution in [0.3, 0.4) is 0 Å². The molecule has 0 atom stereocenters. The molecule has 4 nitrogen and oxygen atoms in total. The number of hydrogen-bond donors (Lipinski definition) is 2. The van der Waals surface area contributed by atoms with E-state index in [1.54, 1.807) is 24.3 Å². The average Bonchev–Trinajstić information content (AvgIpc) is 2.47. The molecule has 2 aromatic rings. The first-order valence-electron chi connectivity index (χ1n) is 6.24. The first-order valence-corrected chi connectivity index (χ1v) is 7.03. The Hall–Kier alpha value is -2.28. The minimum absolute atomic E-state index is 0.150. The molecule has 2 N–H and O–H groups in total. The van der Waals surface area contributed by atoms with Gasteiger partial charge in [0.2, 0.25) is 5.91 Å². The molecule has 7 heteroatoms. The van der Waals surface area contributed by atoms with E-state index < -0.39 is 23.4 Å². The molecule has 114 valence electrons. The van der Waals surface area contributed by atoms with Gasteiger partial charge in [0.05, 0.1) is 12.2 Å². The second kappa shape index (κ2) is 7.13. The average molecular weight is 369 g/mol. The van der Waals surface area contributed by atoms with Crippen molar-refractivity contribution in [3.05, 3.63) is 64.1 Å². The Morgan fingerprint density at radius 3 is 2.55 bits per heavy atom. The van der Waals surface area contributed by atoms with Crippen molar-refractivity contribution in [3.63, 3.8) is 0 Å². The summed E-state index contributed by atoms with van der Waals surface area (Å²) < 4.78 is 26.9.